The molecule has 0 unspecified atom stereocenters. The van der Waals surface area contributed by atoms with Gasteiger partial charge in [0.15, 0.2) is 6.29 Å². The number of carbonyl (C=O) groups is 2. The molecule has 3 nitrogen and oxygen atoms in total. The molecule has 4 aromatic rings. The molecule has 24 heavy (non-hydrogen) atoms. The molecule has 0 aliphatic rings. The molecule has 0 fully saturated rings. The molecule has 0 radical (unpaired) electrons. The zero-order valence-electron chi connectivity index (χ0n) is 12.6. The monoisotopic (exact) mass is 333 g/mol. The molecule has 4 rings (SSSR count). The van der Waals surface area contributed by atoms with Crippen LogP contribution in [0.25, 0.3) is 21.7 Å². The minimum atomic E-state index is -0.188. The van der Waals surface area contributed by atoms with Gasteiger partial charge in [0.25, 0.3) is 5.91 Å². The van der Waals surface area contributed by atoms with Crippen LogP contribution in [0.1, 0.15) is 20.7 Å². The molecule has 3 aromatic carbocycles. The number of aromatic nitrogens is 1. The minimum Gasteiger partial charge on any atom is -0.298 e. The van der Waals surface area contributed by atoms with E-state index in [9.17, 15) is 9.59 Å². The lowest BCUT2D eigenvalue weighted by Crippen LogP contribution is -2.11. The third-order valence-corrected chi connectivity index (χ3v) is 4.49. The van der Waals surface area contributed by atoms with Crippen LogP contribution in [0.3, 0.4) is 0 Å². The van der Waals surface area contributed by atoms with Crippen LogP contribution in [-0.4, -0.2) is 16.8 Å². The fraction of sp³-hybridized carbons (Fsp3) is 0. The van der Waals surface area contributed by atoms with E-state index in [1.165, 1.54) is 4.57 Å². The summed E-state index contributed by atoms with van der Waals surface area (Å²) in [4.78, 5) is 24.5. The predicted octanol–water partition coefficient (Wildman–Crippen LogP) is 4.95. The molecule has 0 amide bonds. The van der Waals surface area contributed by atoms with Gasteiger partial charge in [0, 0.05) is 22.7 Å². The summed E-state index contributed by atoms with van der Waals surface area (Å²) in [7, 11) is 0. The largest absolute Gasteiger partial charge is 0.298 e. The van der Waals surface area contributed by atoms with Crippen molar-refractivity contribution in [3.8, 4) is 0 Å². The van der Waals surface area contributed by atoms with Gasteiger partial charge >= 0.3 is 0 Å². The first-order valence-corrected chi connectivity index (χ1v) is 7.85. The summed E-state index contributed by atoms with van der Waals surface area (Å²) in [5.74, 6) is -0.188. The number of hydrogen-bond acceptors (Lipinski definition) is 2. The van der Waals surface area contributed by atoms with Crippen LogP contribution in [0.5, 0.6) is 0 Å². The highest BCUT2D eigenvalue weighted by Crippen LogP contribution is 2.29. The Morgan fingerprint density at radius 2 is 1.71 bits per heavy atom. The first kappa shape index (κ1) is 14.7. The molecule has 0 saturated carbocycles. The van der Waals surface area contributed by atoms with E-state index in [1.54, 1.807) is 30.5 Å². The SMILES string of the molecule is O=Cc1cn(C(=O)c2cccc3ccccc23)c2cccc(Cl)c12. The number of rotatable bonds is 2. The van der Waals surface area contributed by atoms with Crippen molar-refractivity contribution in [1.29, 1.82) is 0 Å². The van der Waals surface area contributed by atoms with E-state index in [-0.39, 0.29) is 5.91 Å². The third-order valence-electron chi connectivity index (χ3n) is 4.17. The van der Waals surface area contributed by atoms with E-state index in [0.717, 1.165) is 17.1 Å². The molecule has 116 valence electrons. The molecule has 0 spiro atoms. The lowest BCUT2D eigenvalue weighted by atomic mass is 10.0. The zero-order chi connectivity index (χ0) is 16.7. The van der Waals surface area contributed by atoms with Crippen LogP contribution in [0.4, 0.5) is 0 Å². The topological polar surface area (TPSA) is 39.1 Å². The van der Waals surface area contributed by atoms with Crippen LogP contribution < -0.4 is 0 Å². The Balaban J connectivity index is 1.99. The van der Waals surface area contributed by atoms with Crippen molar-refractivity contribution in [2.24, 2.45) is 0 Å². The molecule has 0 atom stereocenters. The highest BCUT2D eigenvalue weighted by Gasteiger charge is 2.18. The number of nitrogens with zero attached hydrogens (tertiary/aromatic N) is 1. The molecule has 0 bridgehead atoms. The highest BCUT2D eigenvalue weighted by atomic mass is 35.5. The van der Waals surface area contributed by atoms with Gasteiger partial charge in [0.1, 0.15) is 0 Å². The highest BCUT2D eigenvalue weighted by molar-refractivity contribution is 6.36. The van der Waals surface area contributed by atoms with E-state index in [1.807, 2.05) is 36.4 Å². The Kier molecular flexibility index (Phi) is 3.44. The molecule has 0 saturated heterocycles. The van der Waals surface area contributed by atoms with Crippen molar-refractivity contribution in [2.75, 3.05) is 0 Å². The Morgan fingerprint density at radius 3 is 2.54 bits per heavy atom. The van der Waals surface area contributed by atoms with Crippen molar-refractivity contribution < 1.29 is 9.59 Å². The van der Waals surface area contributed by atoms with Crippen LogP contribution in [0.2, 0.25) is 5.02 Å². The summed E-state index contributed by atoms with van der Waals surface area (Å²) in [6.07, 6.45) is 2.27. The first-order chi connectivity index (χ1) is 11.7. The summed E-state index contributed by atoms with van der Waals surface area (Å²) in [5, 5.41) is 2.93. The molecular formula is C20H12ClNO2. The Bertz CT molecular complexity index is 1110. The predicted molar refractivity (Wildman–Crippen MR) is 96.0 cm³/mol. The van der Waals surface area contributed by atoms with E-state index >= 15 is 0 Å². The number of carbonyl (C=O) groups excluding carboxylic acids is 2. The second-order valence-electron chi connectivity index (χ2n) is 5.54. The zero-order valence-corrected chi connectivity index (χ0v) is 13.3. The minimum absolute atomic E-state index is 0.188. The molecule has 0 aliphatic heterocycles. The number of aldehydes is 1. The van der Waals surface area contributed by atoms with Gasteiger partial charge in [0.2, 0.25) is 0 Å². The van der Waals surface area contributed by atoms with Crippen molar-refractivity contribution >= 4 is 45.5 Å². The van der Waals surface area contributed by atoms with Gasteiger partial charge in [-0.15, -0.1) is 0 Å². The smallest absolute Gasteiger partial charge is 0.263 e. The number of benzene rings is 3. The standard InChI is InChI=1S/C20H12ClNO2/c21-17-9-4-10-18-19(17)14(12-23)11-22(18)20(24)16-8-3-6-13-5-1-2-7-15(13)16/h1-12H. The lowest BCUT2D eigenvalue weighted by molar-refractivity contribution is 0.0966. The van der Waals surface area contributed by atoms with Crippen molar-refractivity contribution in [3.63, 3.8) is 0 Å². The van der Waals surface area contributed by atoms with Crippen LogP contribution in [-0.2, 0) is 0 Å². The number of fused-ring (bicyclic) bond motifs is 2. The van der Waals surface area contributed by atoms with Gasteiger partial charge in [-0.05, 0) is 29.0 Å². The van der Waals surface area contributed by atoms with Crippen molar-refractivity contribution in [3.05, 3.63) is 83.0 Å². The maximum absolute atomic E-state index is 13.1. The third kappa shape index (κ3) is 2.14. The summed E-state index contributed by atoms with van der Waals surface area (Å²) in [6.45, 7) is 0. The molecule has 1 heterocycles. The Hall–Kier alpha value is -2.91. The molecule has 0 aliphatic carbocycles. The molecular weight excluding hydrogens is 322 g/mol. The van der Waals surface area contributed by atoms with Crippen molar-refractivity contribution in [1.82, 2.24) is 4.57 Å². The van der Waals surface area contributed by atoms with Crippen LogP contribution in [0.15, 0.2) is 66.9 Å². The summed E-state index contributed by atoms with van der Waals surface area (Å²) in [6, 6.07) is 18.6. The Morgan fingerprint density at radius 1 is 0.958 bits per heavy atom. The van der Waals surface area contributed by atoms with E-state index in [4.69, 9.17) is 11.6 Å². The average Bonchev–Trinajstić information content (AvgIpc) is 3.01. The average molecular weight is 334 g/mol. The maximum atomic E-state index is 13.1. The van der Waals surface area contributed by atoms with Gasteiger partial charge < -0.3 is 0 Å². The summed E-state index contributed by atoms with van der Waals surface area (Å²) >= 11 is 6.22. The summed E-state index contributed by atoms with van der Waals surface area (Å²) < 4.78 is 1.49. The normalized spacial score (nSPS) is 11.0. The number of halogens is 1. The van der Waals surface area contributed by atoms with Gasteiger partial charge in [-0.1, -0.05) is 54.1 Å². The Labute approximate surface area is 143 Å². The fourth-order valence-electron chi connectivity index (χ4n) is 3.07. The second kappa shape index (κ2) is 5.62. The van der Waals surface area contributed by atoms with Gasteiger partial charge in [-0.3, -0.25) is 14.2 Å². The maximum Gasteiger partial charge on any atom is 0.263 e. The number of hydrogen-bond donors (Lipinski definition) is 0. The van der Waals surface area contributed by atoms with Crippen LogP contribution >= 0.6 is 11.6 Å². The molecule has 1 aromatic heterocycles. The lowest BCUT2D eigenvalue weighted by Gasteiger charge is -2.08. The summed E-state index contributed by atoms with van der Waals surface area (Å²) in [5.41, 5.74) is 1.62. The van der Waals surface area contributed by atoms with Gasteiger partial charge in [-0.25, -0.2) is 0 Å². The van der Waals surface area contributed by atoms with Crippen LogP contribution in [0, 0.1) is 0 Å². The van der Waals surface area contributed by atoms with E-state index < -0.39 is 0 Å². The van der Waals surface area contributed by atoms with Gasteiger partial charge in [0.05, 0.1) is 10.5 Å². The quantitative estimate of drug-likeness (QED) is 0.487. The van der Waals surface area contributed by atoms with E-state index in [0.29, 0.717) is 27.1 Å². The first-order valence-electron chi connectivity index (χ1n) is 7.48. The van der Waals surface area contributed by atoms with Crippen molar-refractivity contribution in [2.45, 2.75) is 0 Å². The molecule has 4 heteroatoms. The molecule has 0 N–H and O–H groups in total. The second-order valence-corrected chi connectivity index (χ2v) is 5.95. The fourth-order valence-corrected chi connectivity index (χ4v) is 3.35. The van der Waals surface area contributed by atoms with E-state index in [2.05, 4.69) is 0 Å². The van der Waals surface area contributed by atoms with Gasteiger partial charge in [-0.2, -0.15) is 0 Å².